The van der Waals surface area contributed by atoms with Crippen LogP contribution in [0.1, 0.15) is 18.1 Å². The summed E-state index contributed by atoms with van der Waals surface area (Å²) >= 11 is 0. The third-order valence-electron chi connectivity index (χ3n) is 3.97. The summed E-state index contributed by atoms with van der Waals surface area (Å²) in [6, 6.07) is 13.9. The number of benzene rings is 2. The van der Waals surface area contributed by atoms with E-state index in [1.807, 2.05) is 30.3 Å². The number of alkyl halides is 3. The van der Waals surface area contributed by atoms with E-state index in [-0.39, 0.29) is 6.54 Å². The summed E-state index contributed by atoms with van der Waals surface area (Å²) < 4.78 is 49.5. The fraction of sp³-hybridized carbons (Fsp3) is 0.333. The second-order valence-corrected chi connectivity index (χ2v) is 5.56. The third-order valence-corrected chi connectivity index (χ3v) is 3.97. The quantitative estimate of drug-likeness (QED) is 0.866. The highest BCUT2D eigenvalue weighted by atomic mass is 19.4. The maximum atomic E-state index is 12.7. The van der Waals surface area contributed by atoms with Crippen molar-refractivity contribution in [1.29, 1.82) is 0 Å². The molecule has 130 valence electrons. The molecule has 2 unspecified atom stereocenters. The van der Waals surface area contributed by atoms with Gasteiger partial charge >= 0.3 is 6.18 Å². The molecule has 0 saturated carbocycles. The first kappa shape index (κ1) is 18.3. The van der Waals surface area contributed by atoms with Crippen molar-refractivity contribution in [3.63, 3.8) is 0 Å². The Morgan fingerprint density at radius 3 is 2.00 bits per heavy atom. The summed E-state index contributed by atoms with van der Waals surface area (Å²) in [6.45, 7) is 2.00. The largest absolute Gasteiger partial charge is 0.480 e. The lowest BCUT2D eigenvalue weighted by Gasteiger charge is -2.37. The van der Waals surface area contributed by atoms with Crippen LogP contribution in [0.25, 0.3) is 0 Å². The highest BCUT2D eigenvalue weighted by Gasteiger charge is 2.38. The summed E-state index contributed by atoms with van der Waals surface area (Å²) in [5, 5.41) is 0. The number of hydrogen-bond acceptors (Lipinski definition) is 3. The number of rotatable bonds is 6. The monoisotopic (exact) mass is 339 g/mol. The maximum Gasteiger partial charge on any atom is 0.416 e. The Labute approximate surface area is 139 Å². The Morgan fingerprint density at radius 1 is 0.958 bits per heavy atom. The molecule has 0 heterocycles. The van der Waals surface area contributed by atoms with Crippen LogP contribution >= 0.6 is 0 Å². The number of hydrogen-bond donors (Lipinski definition) is 1. The van der Waals surface area contributed by atoms with E-state index in [4.69, 9.17) is 15.2 Å². The van der Waals surface area contributed by atoms with Crippen LogP contribution in [0.15, 0.2) is 54.6 Å². The summed E-state index contributed by atoms with van der Waals surface area (Å²) in [4.78, 5) is 0. The average molecular weight is 339 g/mol. The van der Waals surface area contributed by atoms with Gasteiger partial charge < -0.3 is 15.2 Å². The normalized spacial score (nSPS) is 15.6. The van der Waals surface area contributed by atoms with E-state index in [0.29, 0.717) is 5.75 Å². The Hall–Kier alpha value is -2.05. The molecule has 0 saturated heterocycles. The van der Waals surface area contributed by atoms with Crippen molar-refractivity contribution < 1.29 is 22.6 Å². The molecular weight excluding hydrogens is 319 g/mol. The highest BCUT2D eigenvalue weighted by Crippen LogP contribution is 2.35. The summed E-state index contributed by atoms with van der Waals surface area (Å²) in [7, 11) is 1.52. The first-order valence-corrected chi connectivity index (χ1v) is 7.46. The molecule has 0 aliphatic heterocycles. The topological polar surface area (TPSA) is 44.5 Å². The van der Waals surface area contributed by atoms with Crippen molar-refractivity contribution >= 4 is 0 Å². The molecule has 0 amide bonds. The molecule has 0 radical (unpaired) electrons. The molecule has 2 N–H and O–H groups in total. The lowest BCUT2D eigenvalue weighted by molar-refractivity contribution is -0.137. The van der Waals surface area contributed by atoms with E-state index in [1.165, 1.54) is 19.2 Å². The van der Waals surface area contributed by atoms with Crippen LogP contribution in [0, 0.1) is 0 Å². The Morgan fingerprint density at radius 2 is 1.54 bits per heavy atom. The lowest BCUT2D eigenvalue weighted by atomic mass is 9.89. The number of methoxy groups -OCH3 is 1. The van der Waals surface area contributed by atoms with Gasteiger partial charge in [0.25, 0.3) is 0 Å². The van der Waals surface area contributed by atoms with Crippen molar-refractivity contribution in [1.82, 2.24) is 0 Å². The van der Waals surface area contributed by atoms with Crippen molar-refractivity contribution in [3.05, 3.63) is 65.7 Å². The van der Waals surface area contributed by atoms with Crippen molar-refractivity contribution in [3.8, 4) is 5.75 Å². The van der Waals surface area contributed by atoms with Gasteiger partial charge in [-0.05, 0) is 36.8 Å². The minimum absolute atomic E-state index is 0.197. The predicted octanol–water partition coefficient (Wildman–Crippen LogP) is 3.97. The van der Waals surface area contributed by atoms with Gasteiger partial charge in [-0.3, -0.25) is 0 Å². The van der Waals surface area contributed by atoms with E-state index in [9.17, 15) is 13.2 Å². The molecule has 2 atom stereocenters. The minimum atomic E-state index is -4.38. The Bertz CT molecular complexity index is 640. The molecule has 0 aliphatic carbocycles. The molecule has 0 fully saturated rings. The second-order valence-electron chi connectivity index (χ2n) is 5.56. The Balaban J connectivity index is 2.36. The second kappa shape index (κ2) is 7.23. The fourth-order valence-corrected chi connectivity index (χ4v) is 2.58. The molecule has 0 aliphatic rings. The maximum absolute atomic E-state index is 12.7. The SMILES string of the molecule is COC(CN)C(C)(Oc1ccc(C(F)(F)F)cc1)c1ccccc1. The van der Waals surface area contributed by atoms with Crippen LogP contribution in [0.5, 0.6) is 5.75 Å². The lowest BCUT2D eigenvalue weighted by Crippen LogP contribution is -2.47. The molecule has 0 spiro atoms. The number of nitrogens with two attached hydrogens (primary N) is 1. The van der Waals surface area contributed by atoms with E-state index in [2.05, 4.69) is 0 Å². The standard InChI is InChI=1S/C18H20F3NO2/c1-17(16(12-22)23-2,13-6-4-3-5-7-13)24-15-10-8-14(9-11-15)18(19,20)21/h3-11,16H,12,22H2,1-2H3. The van der Waals surface area contributed by atoms with Gasteiger partial charge in [-0.1, -0.05) is 30.3 Å². The first-order chi connectivity index (χ1) is 11.3. The van der Waals surface area contributed by atoms with Crippen LogP contribution in [0.2, 0.25) is 0 Å². The highest BCUT2D eigenvalue weighted by molar-refractivity contribution is 5.32. The van der Waals surface area contributed by atoms with E-state index >= 15 is 0 Å². The van der Waals surface area contributed by atoms with E-state index in [0.717, 1.165) is 17.7 Å². The fourth-order valence-electron chi connectivity index (χ4n) is 2.58. The van der Waals surface area contributed by atoms with Gasteiger partial charge in [0, 0.05) is 13.7 Å². The van der Waals surface area contributed by atoms with Crippen molar-refractivity contribution in [2.45, 2.75) is 24.8 Å². The minimum Gasteiger partial charge on any atom is -0.480 e. The first-order valence-electron chi connectivity index (χ1n) is 7.46. The molecule has 2 rings (SSSR count). The molecular formula is C18H20F3NO2. The van der Waals surface area contributed by atoms with Crippen molar-refractivity contribution in [2.24, 2.45) is 5.73 Å². The zero-order valence-corrected chi connectivity index (χ0v) is 13.5. The van der Waals surface area contributed by atoms with Crippen LogP contribution in [-0.4, -0.2) is 19.8 Å². The van der Waals surface area contributed by atoms with Gasteiger partial charge in [-0.15, -0.1) is 0 Å². The zero-order valence-electron chi connectivity index (χ0n) is 13.5. The molecule has 6 heteroatoms. The summed E-state index contributed by atoms with van der Waals surface area (Å²) in [6.07, 6.45) is -4.85. The molecule has 24 heavy (non-hydrogen) atoms. The zero-order chi connectivity index (χ0) is 17.8. The molecule has 2 aromatic rings. The molecule has 2 aromatic carbocycles. The predicted molar refractivity (Wildman–Crippen MR) is 85.7 cm³/mol. The van der Waals surface area contributed by atoms with Crippen LogP contribution in [-0.2, 0) is 16.5 Å². The molecule has 0 bridgehead atoms. The third kappa shape index (κ3) is 3.88. The van der Waals surface area contributed by atoms with E-state index < -0.39 is 23.4 Å². The van der Waals surface area contributed by atoms with Gasteiger partial charge in [-0.2, -0.15) is 13.2 Å². The van der Waals surface area contributed by atoms with Gasteiger partial charge in [0.15, 0.2) is 5.60 Å². The average Bonchev–Trinajstić information content (AvgIpc) is 2.56. The summed E-state index contributed by atoms with van der Waals surface area (Å²) in [5.74, 6) is 0.310. The van der Waals surface area contributed by atoms with Gasteiger partial charge in [0.2, 0.25) is 0 Å². The van der Waals surface area contributed by atoms with Gasteiger partial charge in [0.1, 0.15) is 11.9 Å². The van der Waals surface area contributed by atoms with Crippen LogP contribution in [0.4, 0.5) is 13.2 Å². The van der Waals surface area contributed by atoms with E-state index in [1.54, 1.807) is 6.92 Å². The molecule has 3 nitrogen and oxygen atoms in total. The van der Waals surface area contributed by atoms with Crippen LogP contribution < -0.4 is 10.5 Å². The van der Waals surface area contributed by atoms with Gasteiger partial charge in [0.05, 0.1) is 5.56 Å². The molecule has 0 aromatic heterocycles. The van der Waals surface area contributed by atoms with Crippen molar-refractivity contribution in [2.75, 3.05) is 13.7 Å². The summed E-state index contributed by atoms with van der Waals surface area (Å²) in [5.41, 5.74) is 4.95. The number of halogens is 3. The smallest absolute Gasteiger partial charge is 0.416 e. The van der Waals surface area contributed by atoms with Crippen LogP contribution in [0.3, 0.4) is 0 Å². The Kier molecular flexibility index (Phi) is 5.51. The number of ether oxygens (including phenoxy) is 2. The van der Waals surface area contributed by atoms with Gasteiger partial charge in [-0.25, -0.2) is 0 Å².